The molecule has 0 aliphatic carbocycles. The lowest BCUT2D eigenvalue weighted by atomic mass is 9.78. The molecular formula is C17H24N4O2. The number of rotatable bonds is 2. The molecule has 124 valence electrons. The van der Waals surface area contributed by atoms with E-state index in [1.54, 1.807) is 22.1 Å². The summed E-state index contributed by atoms with van der Waals surface area (Å²) >= 11 is 0. The predicted molar refractivity (Wildman–Crippen MR) is 85.9 cm³/mol. The Morgan fingerprint density at radius 1 is 1.30 bits per heavy atom. The lowest BCUT2D eigenvalue weighted by molar-refractivity contribution is -0.143. The first-order valence-corrected chi connectivity index (χ1v) is 8.31. The van der Waals surface area contributed by atoms with Crippen LogP contribution in [0, 0.1) is 5.41 Å². The Morgan fingerprint density at radius 2 is 2.09 bits per heavy atom. The number of hydrogen-bond acceptors (Lipinski definition) is 4. The van der Waals surface area contributed by atoms with Crippen LogP contribution in [-0.4, -0.2) is 58.3 Å². The zero-order chi connectivity index (χ0) is 16.6. The van der Waals surface area contributed by atoms with Gasteiger partial charge in [0.1, 0.15) is 11.5 Å². The minimum absolute atomic E-state index is 0.0906. The number of likely N-dealkylation sites (tertiary alicyclic amines) is 2. The van der Waals surface area contributed by atoms with Crippen LogP contribution >= 0.6 is 0 Å². The number of piperidine rings is 1. The normalized spacial score (nSPS) is 24.8. The summed E-state index contributed by atoms with van der Waals surface area (Å²) in [4.78, 5) is 37.5. The van der Waals surface area contributed by atoms with Crippen molar-refractivity contribution in [1.29, 1.82) is 0 Å². The van der Waals surface area contributed by atoms with Gasteiger partial charge in [-0.15, -0.1) is 0 Å². The molecule has 1 aromatic rings. The quantitative estimate of drug-likeness (QED) is 0.832. The van der Waals surface area contributed by atoms with Crippen LogP contribution in [0.15, 0.2) is 12.3 Å². The van der Waals surface area contributed by atoms with E-state index in [-0.39, 0.29) is 23.1 Å². The molecule has 2 aliphatic heterocycles. The van der Waals surface area contributed by atoms with E-state index in [1.807, 2.05) is 20.9 Å². The molecule has 0 saturated carbocycles. The lowest BCUT2D eigenvalue weighted by Crippen LogP contribution is -2.48. The standard InChI is InChI=1S/C17H24N4O2/c1-12(2)14-18-8-5-13(19-14)15(22)21-10-7-17(11-21)6-4-9-20(3)16(17)23/h5,8,12H,4,6-7,9-11H2,1-3H3/t17-/m0/s1. The smallest absolute Gasteiger partial charge is 0.272 e. The molecule has 6 heteroatoms. The Balaban J connectivity index is 1.77. The molecule has 3 rings (SSSR count). The molecule has 0 radical (unpaired) electrons. The number of carbonyl (C=O) groups excluding carboxylic acids is 2. The summed E-state index contributed by atoms with van der Waals surface area (Å²) in [6.07, 6.45) is 4.28. The molecule has 2 amide bonds. The predicted octanol–water partition coefficient (Wildman–Crippen LogP) is 1.68. The van der Waals surface area contributed by atoms with E-state index in [2.05, 4.69) is 9.97 Å². The molecule has 6 nitrogen and oxygen atoms in total. The third-order valence-corrected chi connectivity index (χ3v) is 5.00. The second-order valence-corrected chi connectivity index (χ2v) is 7.04. The Bertz CT molecular complexity index is 631. The summed E-state index contributed by atoms with van der Waals surface area (Å²) in [6, 6.07) is 1.66. The van der Waals surface area contributed by atoms with Crippen molar-refractivity contribution in [2.24, 2.45) is 5.41 Å². The fraction of sp³-hybridized carbons (Fsp3) is 0.647. The Kier molecular flexibility index (Phi) is 4.08. The van der Waals surface area contributed by atoms with E-state index in [0.29, 0.717) is 24.6 Å². The van der Waals surface area contributed by atoms with Crippen molar-refractivity contribution < 1.29 is 9.59 Å². The van der Waals surface area contributed by atoms with Crippen molar-refractivity contribution in [3.63, 3.8) is 0 Å². The molecule has 3 heterocycles. The molecule has 23 heavy (non-hydrogen) atoms. The highest BCUT2D eigenvalue weighted by atomic mass is 16.2. The number of amides is 2. The fourth-order valence-electron chi connectivity index (χ4n) is 3.63. The van der Waals surface area contributed by atoms with Gasteiger partial charge in [-0.05, 0) is 25.3 Å². The highest BCUT2D eigenvalue weighted by Gasteiger charge is 2.48. The van der Waals surface area contributed by atoms with Gasteiger partial charge in [0, 0.05) is 38.8 Å². The molecule has 1 atom stereocenters. The highest BCUT2D eigenvalue weighted by Crippen LogP contribution is 2.39. The maximum absolute atomic E-state index is 12.7. The molecule has 0 bridgehead atoms. The SMILES string of the molecule is CC(C)c1nccc(C(=O)N2CC[C@@]3(CCCN(C)C3=O)C2)n1. The minimum Gasteiger partial charge on any atom is -0.345 e. The van der Waals surface area contributed by atoms with Gasteiger partial charge in [0.25, 0.3) is 5.91 Å². The molecule has 0 unspecified atom stereocenters. The molecule has 2 fully saturated rings. The van der Waals surface area contributed by atoms with Crippen molar-refractivity contribution in [3.05, 3.63) is 23.8 Å². The molecule has 0 aromatic carbocycles. The van der Waals surface area contributed by atoms with Gasteiger partial charge >= 0.3 is 0 Å². The summed E-state index contributed by atoms with van der Waals surface area (Å²) in [5.74, 6) is 0.955. The van der Waals surface area contributed by atoms with Gasteiger partial charge in [-0.25, -0.2) is 9.97 Å². The van der Waals surface area contributed by atoms with E-state index >= 15 is 0 Å². The minimum atomic E-state index is -0.378. The van der Waals surface area contributed by atoms with Gasteiger partial charge in [-0.2, -0.15) is 0 Å². The summed E-state index contributed by atoms with van der Waals surface area (Å²) in [7, 11) is 1.85. The van der Waals surface area contributed by atoms with Gasteiger partial charge in [0.2, 0.25) is 5.91 Å². The summed E-state index contributed by atoms with van der Waals surface area (Å²) in [6.45, 7) is 5.96. The van der Waals surface area contributed by atoms with Crippen LogP contribution in [0.4, 0.5) is 0 Å². The third kappa shape index (κ3) is 2.82. The Labute approximate surface area is 136 Å². The molecule has 1 spiro atoms. The Hall–Kier alpha value is -1.98. The third-order valence-electron chi connectivity index (χ3n) is 5.00. The fourth-order valence-corrected chi connectivity index (χ4v) is 3.63. The molecule has 0 N–H and O–H groups in total. The van der Waals surface area contributed by atoms with Crippen molar-refractivity contribution in [3.8, 4) is 0 Å². The van der Waals surface area contributed by atoms with E-state index < -0.39 is 0 Å². The summed E-state index contributed by atoms with van der Waals surface area (Å²) < 4.78 is 0. The van der Waals surface area contributed by atoms with Gasteiger partial charge in [-0.1, -0.05) is 13.8 Å². The maximum Gasteiger partial charge on any atom is 0.272 e. The van der Waals surface area contributed by atoms with Crippen LogP contribution in [0.1, 0.15) is 55.3 Å². The van der Waals surface area contributed by atoms with E-state index in [4.69, 9.17) is 0 Å². The van der Waals surface area contributed by atoms with Crippen LogP contribution in [-0.2, 0) is 4.79 Å². The van der Waals surface area contributed by atoms with Crippen molar-refractivity contribution in [2.45, 2.75) is 39.0 Å². The van der Waals surface area contributed by atoms with Gasteiger partial charge < -0.3 is 9.80 Å². The summed E-state index contributed by atoms with van der Waals surface area (Å²) in [5.41, 5.74) is 0.0497. The second-order valence-electron chi connectivity index (χ2n) is 7.04. The van der Waals surface area contributed by atoms with Crippen LogP contribution < -0.4 is 0 Å². The molecule has 2 saturated heterocycles. The van der Waals surface area contributed by atoms with Crippen molar-refractivity contribution in [1.82, 2.24) is 19.8 Å². The highest BCUT2D eigenvalue weighted by molar-refractivity contribution is 5.93. The zero-order valence-corrected chi connectivity index (χ0v) is 14.1. The number of aromatic nitrogens is 2. The number of hydrogen-bond donors (Lipinski definition) is 0. The van der Waals surface area contributed by atoms with Gasteiger partial charge in [-0.3, -0.25) is 9.59 Å². The van der Waals surface area contributed by atoms with Gasteiger partial charge in [0.05, 0.1) is 5.41 Å². The monoisotopic (exact) mass is 316 g/mol. The molecule has 1 aromatic heterocycles. The maximum atomic E-state index is 12.7. The van der Waals surface area contributed by atoms with Gasteiger partial charge in [0.15, 0.2) is 0 Å². The molecular weight excluding hydrogens is 292 g/mol. The van der Waals surface area contributed by atoms with Crippen LogP contribution in [0.2, 0.25) is 0 Å². The first-order chi connectivity index (χ1) is 10.9. The summed E-state index contributed by atoms with van der Waals surface area (Å²) in [5, 5.41) is 0. The topological polar surface area (TPSA) is 66.4 Å². The number of nitrogens with zero attached hydrogens (tertiary/aromatic N) is 4. The number of carbonyl (C=O) groups is 2. The van der Waals surface area contributed by atoms with Crippen LogP contribution in [0.25, 0.3) is 0 Å². The average molecular weight is 316 g/mol. The van der Waals surface area contributed by atoms with E-state index in [9.17, 15) is 9.59 Å². The Morgan fingerprint density at radius 3 is 2.83 bits per heavy atom. The zero-order valence-electron chi connectivity index (χ0n) is 14.1. The average Bonchev–Trinajstić information content (AvgIpc) is 2.97. The van der Waals surface area contributed by atoms with Crippen LogP contribution in [0.5, 0.6) is 0 Å². The van der Waals surface area contributed by atoms with Crippen molar-refractivity contribution >= 4 is 11.8 Å². The first-order valence-electron chi connectivity index (χ1n) is 8.31. The van der Waals surface area contributed by atoms with E-state index in [1.165, 1.54) is 0 Å². The lowest BCUT2D eigenvalue weighted by Gasteiger charge is -2.37. The second kappa shape index (κ2) is 5.91. The van der Waals surface area contributed by atoms with Crippen molar-refractivity contribution in [2.75, 3.05) is 26.7 Å². The first kappa shape index (κ1) is 15.9. The largest absolute Gasteiger partial charge is 0.345 e. The molecule has 2 aliphatic rings. The van der Waals surface area contributed by atoms with Crippen LogP contribution in [0.3, 0.4) is 0 Å². The van der Waals surface area contributed by atoms with E-state index in [0.717, 1.165) is 25.8 Å².